The first-order valence-electron chi connectivity index (χ1n) is 8.43. The van der Waals surface area contributed by atoms with Gasteiger partial charge >= 0.3 is 0 Å². The van der Waals surface area contributed by atoms with Gasteiger partial charge in [0.2, 0.25) is 5.91 Å². The molecule has 1 aromatic rings. The van der Waals surface area contributed by atoms with E-state index in [-0.39, 0.29) is 30.2 Å². The number of amides is 2. The van der Waals surface area contributed by atoms with Gasteiger partial charge in [0.25, 0.3) is 5.91 Å². The summed E-state index contributed by atoms with van der Waals surface area (Å²) in [6, 6.07) is 3.94. The summed E-state index contributed by atoms with van der Waals surface area (Å²) in [6.07, 6.45) is 5.67. The topological polar surface area (TPSA) is 61.8 Å². The van der Waals surface area contributed by atoms with E-state index in [0.717, 1.165) is 10.5 Å². The van der Waals surface area contributed by atoms with Crippen molar-refractivity contribution in [2.75, 3.05) is 0 Å². The lowest BCUT2D eigenvalue weighted by atomic mass is 9.89. The SMILES string of the molecule is CC1=CC2=NC(=O)C[C@@](C)(C(=O)N[C@H](c3cccs3)C(C)C)N2C=C1. The molecule has 2 aliphatic rings. The summed E-state index contributed by atoms with van der Waals surface area (Å²) >= 11 is 1.63. The lowest BCUT2D eigenvalue weighted by Gasteiger charge is -2.43. The first-order chi connectivity index (χ1) is 11.8. The summed E-state index contributed by atoms with van der Waals surface area (Å²) in [5, 5.41) is 5.17. The Bertz CT molecular complexity index is 777. The summed E-state index contributed by atoms with van der Waals surface area (Å²) in [6.45, 7) is 7.91. The van der Waals surface area contributed by atoms with E-state index in [4.69, 9.17) is 0 Å². The van der Waals surface area contributed by atoms with Crippen molar-refractivity contribution in [1.29, 1.82) is 0 Å². The fourth-order valence-corrected chi connectivity index (χ4v) is 4.11. The number of nitrogens with one attached hydrogen (secondary N) is 1. The minimum absolute atomic E-state index is 0.0643. The molecule has 1 aromatic heterocycles. The van der Waals surface area contributed by atoms with Gasteiger partial charge in [-0.05, 0) is 48.9 Å². The Morgan fingerprint density at radius 3 is 2.84 bits per heavy atom. The quantitative estimate of drug-likeness (QED) is 0.898. The van der Waals surface area contributed by atoms with Crippen LogP contribution in [0.15, 0.2) is 46.4 Å². The van der Waals surface area contributed by atoms with Crippen molar-refractivity contribution < 1.29 is 9.59 Å². The fraction of sp³-hybridized carbons (Fsp3) is 0.421. The highest BCUT2D eigenvalue weighted by molar-refractivity contribution is 7.10. The summed E-state index contributed by atoms with van der Waals surface area (Å²) in [5.74, 6) is 0.363. The maximum Gasteiger partial charge on any atom is 0.250 e. The molecule has 0 fully saturated rings. The molecule has 132 valence electrons. The molecule has 1 N–H and O–H groups in total. The zero-order chi connectivity index (χ0) is 18.2. The molecular weight excluding hydrogens is 334 g/mol. The molecule has 3 rings (SSSR count). The molecule has 2 atom stereocenters. The predicted octanol–water partition coefficient (Wildman–Crippen LogP) is 3.42. The Morgan fingerprint density at radius 1 is 1.44 bits per heavy atom. The lowest BCUT2D eigenvalue weighted by molar-refractivity contribution is -0.135. The van der Waals surface area contributed by atoms with Crippen LogP contribution in [-0.4, -0.2) is 28.1 Å². The van der Waals surface area contributed by atoms with Crippen molar-refractivity contribution in [2.45, 2.75) is 45.7 Å². The molecule has 0 saturated carbocycles. The number of carbonyl (C=O) groups excluding carboxylic acids is 2. The van der Waals surface area contributed by atoms with Gasteiger partial charge in [0.15, 0.2) is 0 Å². The van der Waals surface area contributed by atoms with E-state index in [1.807, 2.05) is 47.7 Å². The van der Waals surface area contributed by atoms with E-state index in [0.29, 0.717) is 5.84 Å². The second-order valence-electron chi connectivity index (χ2n) is 7.10. The summed E-state index contributed by atoms with van der Waals surface area (Å²) in [5.41, 5.74) is 0.0258. The van der Waals surface area contributed by atoms with E-state index < -0.39 is 5.54 Å². The molecule has 2 aliphatic heterocycles. The third-order valence-electron chi connectivity index (χ3n) is 4.65. The van der Waals surface area contributed by atoms with Gasteiger partial charge in [-0.3, -0.25) is 9.59 Å². The average Bonchev–Trinajstić information content (AvgIpc) is 3.05. The van der Waals surface area contributed by atoms with Crippen molar-refractivity contribution in [3.05, 3.63) is 46.3 Å². The number of hydrogen-bond donors (Lipinski definition) is 1. The number of carbonyl (C=O) groups is 2. The number of nitrogens with zero attached hydrogens (tertiary/aromatic N) is 2. The zero-order valence-electron chi connectivity index (χ0n) is 14.9. The Labute approximate surface area is 152 Å². The van der Waals surface area contributed by atoms with Gasteiger partial charge in [-0.1, -0.05) is 19.9 Å². The Balaban J connectivity index is 1.89. The van der Waals surface area contributed by atoms with E-state index in [1.165, 1.54) is 0 Å². The molecule has 5 nitrogen and oxygen atoms in total. The number of thiophene rings is 1. The molecule has 0 spiro atoms. The second-order valence-corrected chi connectivity index (χ2v) is 8.08. The first kappa shape index (κ1) is 17.6. The highest BCUT2D eigenvalue weighted by Gasteiger charge is 2.46. The van der Waals surface area contributed by atoms with Crippen LogP contribution in [0.4, 0.5) is 0 Å². The zero-order valence-corrected chi connectivity index (χ0v) is 15.8. The van der Waals surface area contributed by atoms with E-state index in [1.54, 1.807) is 18.3 Å². The van der Waals surface area contributed by atoms with Crippen LogP contribution in [0.1, 0.15) is 45.0 Å². The molecule has 25 heavy (non-hydrogen) atoms. The Morgan fingerprint density at radius 2 is 2.20 bits per heavy atom. The van der Waals surface area contributed by atoms with Gasteiger partial charge in [-0.25, -0.2) is 0 Å². The van der Waals surface area contributed by atoms with Gasteiger partial charge in [0, 0.05) is 11.1 Å². The summed E-state index contributed by atoms with van der Waals surface area (Å²) in [4.78, 5) is 32.4. The number of rotatable bonds is 4. The third-order valence-corrected chi connectivity index (χ3v) is 5.60. The largest absolute Gasteiger partial charge is 0.346 e. The maximum absolute atomic E-state index is 13.2. The van der Waals surface area contributed by atoms with Crippen LogP contribution in [0.3, 0.4) is 0 Å². The van der Waals surface area contributed by atoms with Crippen LogP contribution in [0, 0.1) is 5.92 Å². The number of fused-ring (bicyclic) bond motifs is 1. The molecule has 6 heteroatoms. The van der Waals surface area contributed by atoms with Crippen LogP contribution in [0.5, 0.6) is 0 Å². The van der Waals surface area contributed by atoms with Crippen LogP contribution in [0.2, 0.25) is 0 Å². The normalized spacial score (nSPS) is 23.9. The van der Waals surface area contributed by atoms with Crippen LogP contribution in [-0.2, 0) is 9.59 Å². The minimum Gasteiger partial charge on any atom is -0.346 e. The molecular formula is C19H23N3O2S. The van der Waals surface area contributed by atoms with Gasteiger partial charge in [0.05, 0.1) is 12.5 Å². The second kappa shape index (κ2) is 6.59. The standard InChI is InChI=1S/C19H23N3O2S/c1-12(2)17(14-6-5-9-25-14)21-18(24)19(4)11-16(23)20-15-10-13(3)7-8-22(15)19/h5-10,12,17H,11H2,1-4H3,(H,21,24)/t17-,19-/m0/s1. The number of amidine groups is 1. The van der Waals surface area contributed by atoms with Crippen LogP contribution >= 0.6 is 11.3 Å². The molecule has 0 aromatic carbocycles. The minimum atomic E-state index is -0.980. The van der Waals surface area contributed by atoms with Crippen molar-refractivity contribution >= 4 is 29.0 Å². The van der Waals surface area contributed by atoms with Crippen molar-refractivity contribution in [3.63, 3.8) is 0 Å². The molecule has 0 saturated heterocycles. The Hall–Kier alpha value is -2.21. The highest BCUT2D eigenvalue weighted by atomic mass is 32.1. The third kappa shape index (κ3) is 3.31. The molecule has 0 aliphatic carbocycles. The van der Waals surface area contributed by atoms with Crippen molar-refractivity contribution in [3.8, 4) is 0 Å². The Kier molecular flexibility index (Phi) is 4.64. The monoisotopic (exact) mass is 357 g/mol. The maximum atomic E-state index is 13.2. The number of aliphatic imine (C=N–C) groups is 1. The van der Waals surface area contributed by atoms with Gasteiger partial charge in [0.1, 0.15) is 11.4 Å². The average molecular weight is 357 g/mol. The van der Waals surface area contributed by atoms with Gasteiger partial charge < -0.3 is 10.2 Å². The smallest absolute Gasteiger partial charge is 0.250 e. The fourth-order valence-electron chi connectivity index (χ4n) is 3.16. The molecule has 0 bridgehead atoms. The molecule has 0 radical (unpaired) electrons. The summed E-state index contributed by atoms with van der Waals surface area (Å²) in [7, 11) is 0. The number of hydrogen-bond acceptors (Lipinski definition) is 4. The van der Waals surface area contributed by atoms with E-state index >= 15 is 0 Å². The van der Waals surface area contributed by atoms with Crippen LogP contribution < -0.4 is 5.32 Å². The van der Waals surface area contributed by atoms with Crippen molar-refractivity contribution in [1.82, 2.24) is 10.2 Å². The molecule has 0 unspecified atom stereocenters. The van der Waals surface area contributed by atoms with Gasteiger partial charge in [-0.15, -0.1) is 11.3 Å². The van der Waals surface area contributed by atoms with Crippen molar-refractivity contribution in [2.24, 2.45) is 10.9 Å². The summed E-state index contributed by atoms with van der Waals surface area (Å²) < 4.78 is 0. The molecule has 3 heterocycles. The molecule has 2 amide bonds. The highest BCUT2D eigenvalue weighted by Crippen LogP contribution is 2.32. The van der Waals surface area contributed by atoms with E-state index in [2.05, 4.69) is 24.2 Å². The van der Waals surface area contributed by atoms with Crippen LogP contribution in [0.25, 0.3) is 0 Å². The van der Waals surface area contributed by atoms with E-state index in [9.17, 15) is 9.59 Å². The van der Waals surface area contributed by atoms with Gasteiger partial charge in [-0.2, -0.15) is 4.99 Å². The lowest BCUT2D eigenvalue weighted by Crippen LogP contribution is -2.60. The first-order valence-corrected chi connectivity index (χ1v) is 9.31. The number of allylic oxidation sites excluding steroid dienone is 2. The predicted molar refractivity (Wildman–Crippen MR) is 100 cm³/mol.